The minimum absolute atomic E-state index is 0. The van der Waals surface area contributed by atoms with E-state index in [9.17, 15) is 13.6 Å². The number of hydrogen-bond acceptors (Lipinski definition) is 5. The van der Waals surface area contributed by atoms with Gasteiger partial charge in [-0.2, -0.15) is 0 Å². The number of halogens is 2. The Kier molecular flexibility index (Phi) is 9.02. The molecular weight excluding hydrogens is 462 g/mol. The highest BCUT2D eigenvalue weighted by atomic mass is 19.2. The fourth-order valence-electron chi connectivity index (χ4n) is 4.90. The topological polar surface area (TPSA) is 65.6 Å². The molecule has 1 atom stereocenters. The molecule has 1 aromatic rings. The summed E-state index contributed by atoms with van der Waals surface area (Å²) < 4.78 is 32.6. The largest absolute Gasteiger partial charge is 0.490 e. The Hall–Kier alpha value is -2.87. The molecule has 1 unspecified atom stereocenters. The van der Waals surface area contributed by atoms with Crippen LogP contribution >= 0.6 is 0 Å². The molecule has 1 amide bonds. The summed E-state index contributed by atoms with van der Waals surface area (Å²) in [6, 6.07) is 3.58. The van der Waals surface area contributed by atoms with Gasteiger partial charge in [0, 0.05) is 56.9 Å². The lowest BCUT2D eigenvalue weighted by Crippen LogP contribution is -2.49. The second kappa shape index (κ2) is 12.4. The van der Waals surface area contributed by atoms with Gasteiger partial charge in [0.1, 0.15) is 17.9 Å². The Labute approximate surface area is 214 Å². The van der Waals surface area contributed by atoms with Crippen molar-refractivity contribution in [2.24, 2.45) is 0 Å². The third-order valence-electron chi connectivity index (χ3n) is 6.91. The van der Waals surface area contributed by atoms with Gasteiger partial charge in [0.2, 0.25) is 5.91 Å². The summed E-state index contributed by atoms with van der Waals surface area (Å²) in [4.78, 5) is 15.1. The van der Waals surface area contributed by atoms with Crippen molar-refractivity contribution in [2.45, 2.75) is 70.6 Å². The van der Waals surface area contributed by atoms with Gasteiger partial charge in [-0.25, -0.2) is 8.78 Å². The number of piperidine rings is 2. The first kappa shape index (κ1) is 26.2. The van der Waals surface area contributed by atoms with E-state index in [1.54, 1.807) is 0 Å². The van der Waals surface area contributed by atoms with Gasteiger partial charge in [0.25, 0.3) is 0 Å². The number of ether oxygens (including phenoxy) is 1. The van der Waals surface area contributed by atoms with Gasteiger partial charge in [0.05, 0.1) is 0 Å². The number of benzene rings is 1. The molecule has 5 rings (SSSR count). The maximum Gasteiger partial charge on any atom is 0.246 e. The van der Waals surface area contributed by atoms with Crippen molar-refractivity contribution in [1.29, 1.82) is 0 Å². The Morgan fingerprint density at radius 2 is 1.81 bits per heavy atom. The molecule has 1 aliphatic carbocycles. The first-order valence-corrected chi connectivity index (χ1v) is 13.3. The molecule has 0 radical (unpaired) electrons. The van der Waals surface area contributed by atoms with Gasteiger partial charge in [-0.05, 0) is 56.5 Å². The van der Waals surface area contributed by atoms with Crippen molar-refractivity contribution in [3.63, 3.8) is 0 Å². The average Bonchev–Trinajstić information content (AvgIpc) is 3.75. The second-order valence-electron chi connectivity index (χ2n) is 9.47. The van der Waals surface area contributed by atoms with Crippen molar-refractivity contribution in [3.8, 4) is 5.75 Å². The van der Waals surface area contributed by atoms with Crippen LogP contribution in [-0.4, -0.2) is 55.2 Å². The molecule has 2 saturated heterocycles. The number of carbonyl (C=O) groups excluding carboxylic acids is 1. The average molecular weight is 503 g/mol. The third-order valence-corrected chi connectivity index (χ3v) is 6.91. The zero-order valence-electron chi connectivity index (χ0n) is 21.3. The molecule has 0 bridgehead atoms. The predicted octanol–water partition coefficient (Wildman–Crippen LogP) is 4.41. The molecule has 4 aliphatic rings. The highest BCUT2D eigenvalue weighted by Gasteiger charge is 2.30. The molecule has 0 spiro atoms. The molecule has 3 fully saturated rings. The second-order valence-corrected chi connectivity index (χ2v) is 9.47. The van der Waals surface area contributed by atoms with E-state index in [2.05, 4.69) is 26.9 Å². The maximum absolute atomic E-state index is 13.5. The fraction of sp³-hybridized carbons (Fsp3) is 0.536. The standard InChI is InChI=1S/C26H32F2N4O2.C2H6.H2/c27-22-5-4-21(15-23(22)28)34-20-9-13-32(14-10-20)25(17-1-2-17)18-3-6-24(30-16-18)26(33)31-19-7-11-29-12-8-19;1-2;/h3-6,15-16,19-20,24,29-30H,1-2,7-14H2,(H,31,33);1-2H3;1H. The van der Waals surface area contributed by atoms with Crippen LogP contribution in [0.1, 0.15) is 53.8 Å². The van der Waals surface area contributed by atoms with Gasteiger partial charge >= 0.3 is 0 Å². The molecule has 1 saturated carbocycles. The van der Waals surface area contributed by atoms with E-state index < -0.39 is 11.6 Å². The van der Waals surface area contributed by atoms with Crippen molar-refractivity contribution in [2.75, 3.05) is 26.2 Å². The first-order valence-electron chi connectivity index (χ1n) is 13.3. The molecule has 3 aliphatic heterocycles. The summed E-state index contributed by atoms with van der Waals surface area (Å²) in [5.41, 5.74) is 3.81. The number of likely N-dealkylation sites (tertiary alicyclic amines) is 1. The Morgan fingerprint density at radius 1 is 1.08 bits per heavy atom. The summed E-state index contributed by atoms with van der Waals surface area (Å²) in [5, 5.41) is 9.76. The Bertz CT molecular complexity index is 1010. The zero-order chi connectivity index (χ0) is 25.5. The van der Waals surface area contributed by atoms with Crippen LogP contribution in [0.4, 0.5) is 8.78 Å². The number of nitrogens with one attached hydrogen (secondary N) is 3. The van der Waals surface area contributed by atoms with Gasteiger partial charge in [-0.1, -0.05) is 26.0 Å². The number of allylic oxidation sites excluding steroid dienone is 2. The number of amides is 1. The molecule has 6 nitrogen and oxygen atoms in total. The lowest BCUT2D eigenvalue weighted by molar-refractivity contribution is -0.122. The number of hydrogen-bond donors (Lipinski definition) is 3. The summed E-state index contributed by atoms with van der Waals surface area (Å²) in [5.74, 6) is -1.36. The Morgan fingerprint density at radius 3 is 2.42 bits per heavy atom. The number of carbonyl (C=O) groups is 1. The van der Waals surface area contributed by atoms with E-state index in [-0.39, 0.29) is 25.5 Å². The maximum atomic E-state index is 13.5. The van der Waals surface area contributed by atoms with E-state index >= 15 is 0 Å². The fourth-order valence-corrected chi connectivity index (χ4v) is 4.90. The number of dihydropyridines is 1. The third kappa shape index (κ3) is 6.66. The molecule has 8 heteroatoms. The number of rotatable bonds is 6. The van der Waals surface area contributed by atoms with Crippen molar-refractivity contribution in [3.05, 3.63) is 65.0 Å². The van der Waals surface area contributed by atoms with Gasteiger partial charge < -0.3 is 25.6 Å². The molecule has 3 heterocycles. The first-order chi connectivity index (χ1) is 17.6. The smallest absolute Gasteiger partial charge is 0.246 e. The van der Waals surface area contributed by atoms with E-state index in [0.717, 1.165) is 82.4 Å². The number of nitrogens with zero attached hydrogens (tertiary/aromatic N) is 1. The minimum Gasteiger partial charge on any atom is -0.490 e. The van der Waals surface area contributed by atoms with Gasteiger partial charge in [-0.15, -0.1) is 0 Å². The zero-order valence-corrected chi connectivity index (χ0v) is 21.3. The molecular formula is C28H40F2N4O2. The summed E-state index contributed by atoms with van der Waals surface area (Å²) in [6.07, 6.45) is 11.7. The van der Waals surface area contributed by atoms with Crippen LogP contribution in [0.2, 0.25) is 0 Å². The lowest BCUT2D eigenvalue weighted by atomic mass is 10.0. The quantitative estimate of drug-likeness (QED) is 0.538. The van der Waals surface area contributed by atoms with Gasteiger partial charge in [-0.3, -0.25) is 4.79 Å². The molecule has 0 aromatic heterocycles. The lowest BCUT2D eigenvalue weighted by Gasteiger charge is -2.36. The highest BCUT2D eigenvalue weighted by molar-refractivity contribution is 5.84. The van der Waals surface area contributed by atoms with Crippen LogP contribution in [-0.2, 0) is 4.79 Å². The predicted molar refractivity (Wildman–Crippen MR) is 139 cm³/mol. The normalized spacial score (nSPS) is 22.1. The summed E-state index contributed by atoms with van der Waals surface area (Å²) in [6.45, 7) is 7.56. The monoisotopic (exact) mass is 502 g/mol. The van der Waals surface area contributed by atoms with Crippen LogP contribution in [0.5, 0.6) is 5.75 Å². The van der Waals surface area contributed by atoms with Crippen LogP contribution in [0, 0.1) is 11.6 Å². The van der Waals surface area contributed by atoms with Crippen molar-refractivity contribution < 1.29 is 19.7 Å². The van der Waals surface area contributed by atoms with Gasteiger partial charge in [0.15, 0.2) is 11.6 Å². The van der Waals surface area contributed by atoms with Crippen molar-refractivity contribution in [1.82, 2.24) is 20.9 Å². The molecule has 198 valence electrons. The van der Waals surface area contributed by atoms with Crippen molar-refractivity contribution >= 4 is 5.91 Å². The SMILES string of the molecule is CC.O=C(NC1CCNCC1)C1C=CC(C(=C2CC2)N2CCC(Oc3ccc(F)c(F)c3)CC2)=CN1.[HH]. The molecule has 36 heavy (non-hydrogen) atoms. The minimum atomic E-state index is -0.887. The van der Waals surface area contributed by atoms with Crippen LogP contribution in [0.25, 0.3) is 0 Å². The summed E-state index contributed by atoms with van der Waals surface area (Å²) in [7, 11) is 0. The Balaban J connectivity index is 0.00000124. The molecule has 3 N–H and O–H groups in total. The van der Waals surface area contributed by atoms with Crippen LogP contribution in [0.15, 0.2) is 53.4 Å². The summed E-state index contributed by atoms with van der Waals surface area (Å²) >= 11 is 0. The highest BCUT2D eigenvalue weighted by Crippen LogP contribution is 2.38. The van der Waals surface area contributed by atoms with E-state index in [4.69, 9.17) is 4.74 Å². The molecule has 1 aromatic carbocycles. The van der Waals surface area contributed by atoms with E-state index in [1.807, 2.05) is 26.1 Å². The van der Waals surface area contributed by atoms with Crippen LogP contribution in [0.3, 0.4) is 0 Å². The van der Waals surface area contributed by atoms with Crippen LogP contribution < -0.4 is 20.7 Å². The van der Waals surface area contributed by atoms with E-state index in [0.29, 0.717) is 5.75 Å². The van der Waals surface area contributed by atoms with E-state index in [1.165, 1.54) is 17.3 Å².